The quantitative estimate of drug-likeness (QED) is 0.296. The number of nitrogens with zero attached hydrogens (tertiary/aromatic N) is 3. The normalized spacial score (nSPS) is 23.8. The molecule has 3 fully saturated rings. The fourth-order valence-corrected chi connectivity index (χ4v) is 7.25. The number of nitrogens with one attached hydrogen (secondary N) is 1. The second-order valence-corrected chi connectivity index (χ2v) is 13.9. The lowest BCUT2D eigenvalue weighted by Gasteiger charge is -2.41. The summed E-state index contributed by atoms with van der Waals surface area (Å²) in [4.78, 5) is 20.5. The second kappa shape index (κ2) is 11.5. The first kappa shape index (κ1) is 27.8. The van der Waals surface area contributed by atoms with Crippen LogP contribution >= 0.6 is 10.6 Å². The van der Waals surface area contributed by atoms with Gasteiger partial charge in [0.25, 0.3) is 0 Å². The van der Waals surface area contributed by atoms with Crippen LogP contribution in [0.15, 0.2) is 52.9 Å². The first-order valence-corrected chi connectivity index (χ1v) is 16.3. The molecule has 1 saturated heterocycles. The summed E-state index contributed by atoms with van der Waals surface area (Å²) in [6.07, 6.45) is 5.29. The van der Waals surface area contributed by atoms with Crippen molar-refractivity contribution in [1.29, 1.82) is 5.26 Å². The van der Waals surface area contributed by atoms with Crippen LogP contribution in [0, 0.1) is 29.0 Å². The van der Waals surface area contributed by atoms with E-state index in [0.29, 0.717) is 53.9 Å². The van der Waals surface area contributed by atoms with Gasteiger partial charge in [0.05, 0.1) is 17.6 Å². The molecule has 1 amide bonds. The molecule has 0 unspecified atom stereocenters. The smallest absolute Gasteiger partial charge is 0.226 e. The maximum absolute atomic E-state index is 13.7. The van der Waals surface area contributed by atoms with Gasteiger partial charge in [-0.05, 0) is 68.0 Å². The van der Waals surface area contributed by atoms with Gasteiger partial charge in [-0.3, -0.25) is 13.9 Å². The molecule has 216 valence electrons. The highest BCUT2D eigenvalue weighted by Gasteiger charge is 2.40. The lowest BCUT2D eigenvalue weighted by Crippen LogP contribution is -2.42. The number of carbonyl (C=O) groups excluding carboxylic acids is 1. The number of hydrogen-bond acceptors (Lipinski definition) is 7. The van der Waals surface area contributed by atoms with E-state index in [-0.39, 0.29) is 29.5 Å². The predicted molar refractivity (Wildman–Crippen MR) is 157 cm³/mol. The van der Waals surface area contributed by atoms with E-state index in [9.17, 15) is 23.6 Å². The van der Waals surface area contributed by atoms with E-state index >= 15 is 0 Å². The van der Waals surface area contributed by atoms with Gasteiger partial charge < -0.3 is 14.6 Å². The van der Waals surface area contributed by atoms with Gasteiger partial charge in [-0.2, -0.15) is 15.9 Å². The second-order valence-electron chi connectivity index (χ2n) is 11.4. The lowest BCUT2D eigenvalue weighted by atomic mass is 9.76. The van der Waals surface area contributed by atoms with Crippen LogP contribution in [0.4, 0.5) is 10.1 Å². The highest BCUT2D eigenvalue weighted by molar-refractivity contribution is 8.24. The summed E-state index contributed by atoms with van der Waals surface area (Å²) in [6, 6.07) is 15.8. The van der Waals surface area contributed by atoms with Gasteiger partial charge >= 0.3 is 0 Å². The minimum absolute atomic E-state index is 0.106. The maximum atomic E-state index is 13.7. The first-order valence-electron chi connectivity index (χ1n) is 14.4. The van der Waals surface area contributed by atoms with Crippen LogP contribution in [0.5, 0.6) is 0 Å². The summed E-state index contributed by atoms with van der Waals surface area (Å²) in [6.45, 7) is 1.16. The number of amides is 1. The van der Waals surface area contributed by atoms with Gasteiger partial charge in [0.2, 0.25) is 11.8 Å². The Morgan fingerprint density at radius 2 is 1.68 bits per heavy atom. The van der Waals surface area contributed by atoms with E-state index in [4.69, 9.17) is 9.40 Å². The summed E-state index contributed by atoms with van der Waals surface area (Å²) in [5, 5.41) is 12.6. The minimum atomic E-state index is -2.48. The van der Waals surface area contributed by atoms with Gasteiger partial charge in [0.15, 0.2) is 0 Å². The van der Waals surface area contributed by atoms with E-state index in [1.54, 1.807) is 12.1 Å². The number of benzene rings is 2. The fourth-order valence-electron chi connectivity index (χ4n) is 6.02. The fraction of sp³-hybridized carbons (Fsp3) is 0.452. The van der Waals surface area contributed by atoms with Gasteiger partial charge in [0.1, 0.15) is 23.3 Å². The largest absolute Gasteiger partial charge is 0.440 e. The molecule has 10 heteroatoms. The van der Waals surface area contributed by atoms with Gasteiger partial charge in [0, 0.05) is 41.7 Å². The summed E-state index contributed by atoms with van der Waals surface area (Å²) in [5.41, 5.74) is 3.15. The van der Waals surface area contributed by atoms with E-state index in [1.165, 1.54) is 12.1 Å². The van der Waals surface area contributed by atoms with Crippen LogP contribution in [-0.4, -0.2) is 50.6 Å². The molecule has 6 rings (SSSR count). The monoisotopic (exact) mass is 578 g/mol. The zero-order valence-corrected chi connectivity index (χ0v) is 23.7. The Balaban J connectivity index is 1.33. The van der Waals surface area contributed by atoms with Crippen LogP contribution in [0.1, 0.15) is 50.2 Å². The third-order valence-electron chi connectivity index (χ3n) is 8.60. The van der Waals surface area contributed by atoms with E-state index in [0.717, 1.165) is 43.4 Å². The molecule has 8 nitrogen and oxygen atoms in total. The Kier molecular flexibility index (Phi) is 7.77. The molecule has 2 heterocycles. The van der Waals surface area contributed by atoms with Crippen molar-refractivity contribution in [2.75, 3.05) is 29.5 Å². The van der Waals surface area contributed by atoms with Crippen molar-refractivity contribution in [3.05, 3.63) is 60.1 Å². The average Bonchev–Trinajstić information content (AvgIpc) is 3.74. The van der Waals surface area contributed by atoms with Crippen molar-refractivity contribution in [2.45, 2.75) is 50.5 Å². The molecule has 3 atom stereocenters. The molecule has 2 aliphatic carbocycles. The number of anilines is 1. The number of aromatic nitrogens is 1. The predicted octanol–water partition coefficient (Wildman–Crippen LogP) is 6.41. The Morgan fingerprint density at radius 3 is 2.34 bits per heavy atom. The van der Waals surface area contributed by atoms with Crippen molar-refractivity contribution in [3.63, 3.8) is 0 Å². The molecule has 1 aliphatic heterocycles. The van der Waals surface area contributed by atoms with Crippen molar-refractivity contribution in [1.82, 2.24) is 10.3 Å². The van der Waals surface area contributed by atoms with Gasteiger partial charge in [-0.25, -0.2) is 9.37 Å². The highest BCUT2D eigenvalue weighted by atomic mass is 32.3. The van der Waals surface area contributed by atoms with Crippen LogP contribution in [0.2, 0.25) is 0 Å². The third kappa shape index (κ3) is 6.13. The third-order valence-corrected chi connectivity index (χ3v) is 10.3. The van der Waals surface area contributed by atoms with Crippen molar-refractivity contribution in [2.24, 2.45) is 11.8 Å². The zero-order valence-electron chi connectivity index (χ0n) is 22.8. The molecular weight excluding hydrogens is 543 g/mol. The Bertz CT molecular complexity index is 1420. The Hall–Kier alpha value is -3.39. The number of rotatable bonds is 7. The van der Waals surface area contributed by atoms with E-state index < -0.39 is 16.6 Å². The average molecular weight is 579 g/mol. The minimum Gasteiger partial charge on any atom is -0.440 e. The van der Waals surface area contributed by atoms with Gasteiger partial charge in [-0.1, -0.05) is 25.0 Å². The summed E-state index contributed by atoms with van der Waals surface area (Å²) in [7, 11) is -2.48. The number of oxazole rings is 1. The molecule has 0 bridgehead atoms. The molecule has 3 aromatic rings. The van der Waals surface area contributed by atoms with Crippen LogP contribution < -0.4 is 10.2 Å². The topological polar surface area (TPSA) is 123 Å². The van der Waals surface area contributed by atoms with Crippen LogP contribution in [-0.2, 0) is 4.79 Å². The molecule has 0 spiro atoms. The summed E-state index contributed by atoms with van der Waals surface area (Å²) in [5.74, 6) is 0.991. The van der Waals surface area contributed by atoms with Crippen LogP contribution in [0.3, 0.4) is 0 Å². The Morgan fingerprint density at radius 1 is 1.02 bits per heavy atom. The highest BCUT2D eigenvalue weighted by Crippen LogP contribution is 2.45. The standard InChI is InChI=1S/C31H35FN4O4S/c32-23-11-7-22(8-12-23)31-35-28(21-9-13-24(14-10-21)36-15-17-41(38,39)18-16-36)29(40-31)25-3-1-2-4-26(25)30(37)34-27(19-33)20-5-6-20/h7-14,20,25-27,38-39H,1-6,15-18H2,(H,34,37)/t25-,26-,27-/m1/s1. The molecule has 0 radical (unpaired) electrons. The SMILES string of the molecule is N#C[C@@H](NC(=O)[C@@H]1CCCC[C@H]1c1oc(-c2ccc(F)cc2)nc1-c1ccc(N2CCS(O)(O)CC2)cc1)C1CC1. The van der Waals surface area contributed by atoms with Gasteiger partial charge in [-0.15, -0.1) is 0 Å². The molecule has 3 aliphatic rings. The van der Waals surface area contributed by atoms with E-state index in [1.807, 2.05) is 24.3 Å². The van der Waals surface area contributed by atoms with Crippen molar-refractivity contribution in [3.8, 4) is 28.8 Å². The van der Waals surface area contributed by atoms with E-state index in [2.05, 4.69) is 16.3 Å². The van der Waals surface area contributed by atoms with Crippen molar-refractivity contribution < 1.29 is 22.7 Å². The van der Waals surface area contributed by atoms with Crippen molar-refractivity contribution >= 4 is 22.2 Å². The maximum Gasteiger partial charge on any atom is 0.226 e. The molecule has 41 heavy (non-hydrogen) atoms. The zero-order chi connectivity index (χ0) is 28.6. The Labute approximate surface area is 240 Å². The number of halogens is 1. The molecule has 2 aromatic carbocycles. The molecule has 1 aromatic heterocycles. The first-order chi connectivity index (χ1) is 19.8. The number of hydrogen-bond donors (Lipinski definition) is 3. The molecule has 2 saturated carbocycles. The summed E-state index contributed by atoms with van der Waals surface area (Å²) >= 11 is 0. The molecule has 3 N–H and O–H groups in total. The molecular formula is C31H35FN4O4S. The van der Waals surface area contributed by atoms with Crippen LogP contribution in [0.25, 0.3) is 22.7 Å². The number of carbonyl (C=O) groups is 1. The summed E-state index contributed by atoms with van der Waals surface area (Å²) < 4.78 is 40.1. The lowest BCUT2D eigenvalue weighted by molar-refractivity contribution is -0.127. The number of nitriles is 1.